The lowest BCUT2D eigenvalue weighted by atomic mass is 9.82. The van der Waals surface area contributed by atoms with Gasteiger partial charge >= 0.3 is 0 Å². The molecule has 0 saturated carbocycles. The minimum absolute atomic E-state index is 0.0851. The molecule has 2 aromatic heterocycles. The van der Waals surface area contributed by atoms with Crippen LogP contribution in [0.15, 0.2) is 149 Å². The number of furan rings is 1. The number of para-hydroxylation sites is 1. The number of allylic oxidation sites excluding steroid dienone is 10. The van der Waals surface area contributed by atoms with Gasteiger partial charge in [0.05, 0.1) is 0 Å². The highest BCUT2D eigenvalue weighted by molar-refractivity contribution is 6.14. The molecule has 4 nitrogen and oxygen atoms in total. The molecule has 0 fully saturated rings. The van der Waals surface area contributed by atoms with Crippen molar-refractivity contribution in [2.24, 2.45) is 0 Å². The average molecular weight is 608 g/mol. The standard InChI is InChI=1S/C43H33N3O/c1-3-12-29(13-4-1)35-20-10-21-36-39-37(22-11-23-38(39)47-40(35)36)43-45-41(31-15-5-2-6-16-31)44-42(46-43)32-26-24-30(25-27-32)34-19-9-17-28-14-7-8-18-33(28)34/h1-7,10-15,19-27,31H,8-9,16-18H2. The van der Waals surface area contributed by atoms with Crippen LogP contribution in [0.2, 0.25) is 0 Å². The van der Waals surface area contributed by atoms with Crippen LogP contribution in [0.5, 0.6) is 0 Å². The first-order valence-electron chi connectivity index (χ1n) is 16.6. The van der Waals surface area contributed by atoms with Gasteiger partial charge in [-0.15, -0.1) is 0 Å². The summed E-state index contributed by atoms with van der Waals surface area (Å²) in [4.78, 5) is 15.4. The summed E-state index contributed by atoms with van der Waals surface area (Å²) in [6.45, 7) is 0. The summed E-state index contributed by atoms with van der Waals surface area (Å²) in [5, 5.41) is 2.07. The third kappa shape index (κ3) is 4.97. The van der Waals surface area contributed by atoms with Gasteiger partial charge in [0.2, 0.25) is 0 Å². The second-order valence-corrected chi connectivity index (χ2v) is 12.5. The molecule has 0 amide bonds. The molecule has 0 N–H and O–H groups in total. The first kappa shape index (κ1) is 27.7. The Morgan fingerprint density at radius 2 is 1.47 bits per heavy atom. The van der Waals surface area contributed by atoms with Crippen LogP contribution in [0, 0.1) is 0 Å². The number of benzene rings is 4. The van der Waals surface area contributed by atoms with Crippen LogP contribution in [-0.2, 0) is 0 Å². The van der Waals surface area contributed by atoms with Crippen molar-refractivity contribution in [2.45, 2.75) is 38.0 Å². The summed E-state index contributed by atoms with van der Waals surface area (Å²) in [6.07, 6.45) is 20.9. The van der Waals surface area contributed by atoms with Gasteiger partial charge in [0.25, 0.3) is 0 Å². The molecule has 0 spiro atoms. The van der Waals surface area contributed by atoms with E-state index in [0.29, 0.717) is 11.6 Å². The summed E-state index contributed by atoms with van der Waals surface area (Å²) < 4.78 is 6.57. The SMILES string of the molecule is C1=CCC(c2nc(-c3ccc(C4=CCCC5=C4CCC=C5)cc3)nc(-c3cccc4oc5c(-c6ccccc6)cccc5c34)n2)C=C1. The van der Waals surface area contributed by atoms with E-state index in [1.54, 1.807) is 0 Å². The minimum Gasteiger partial charge on any atom is -0.455 e. The molecular formula is C43H33N3O. The Kier molecular flexibility index (Phi) is 6.85. The fourth-order valence-corrected chi connectivity index (χ4v) is 7.30. The maximum absolute atomic E-state index is 6.57. The van der Waals surface area contributed by atoms with Crippen molar-refractivity contribution >= 4 is 27.5 Å². The molecule has 1 unspecified atom stereocenters. The van der Waals surface area contributed by atoms with Crippen molar-refractivity contribution in [3.8, 4) is 33.9 Å². The zero-order valence-corrected chi connectivity index (χ0v) is 26.1. The van der Waals surface area contributed by atoms with E-state index >= 15 is 0 Å². The largest absolute Gasteiger partial charge is 0.455 e. The maximum Gasteiger partial charge on any atom is 0.164 e. The quantitative estimate of drug-likeness (QED) is 0.196. The third-order valence-corrected chi connectivity index (χ3v) is 9.62. The van der Waals surface area contributed by atoms with Crippen LogP contribution in [0.1, 0.15) is 49.4 Å². The zero-order chi connectivity index (χ0) is 31.2. The Balaban J connectivity index is 1.18. The molecule has 0 aliphatic heterocycles. The number of aromatic nitrogens is 3. The van der Waals surface area contributed by atoms with Gasteiger partial charge < -0.3 is 4.42 Å². The van der Waals surface area contributed by atoms with Crippen molar-refractivity contribution in [1.82, 2.24) is 15.0 Å². The lowest BCUT2D eigenvalue weighted by Crippen LogP contribution is -2.08. The van der Waals surface area contributed by atoms with E-state index in [2.05, 4.69) is 115 Å². The molecule has 4 heteroatoms. The molecule has 3 aliphatic carbocycles. The Labute approximate surface area is 274 Å². The summed E-state index contributed by atoms with van der Waals surface area (Å²) in [7, 11) is 0. The van der Waals surface area contributed by atoms with Gasteiger partial charge in [-0.25, -0.2) is 15.0 Å². The summed E-state index contributed by atoms with van der Waals surface area (Å²) in [5.74, 6) is 2.21. The molecule has 4 aromatic carbocycles. The second kappa shape index (κ2) is 11.6. The Bertz CT molecular complexity index is 2320. The number of nitrogens with zero attached hydrogens (tertiary/aromatic N) is 3. The van der Waals surface area contributed by atoms with Crippen LogP contribution < -0.4 is 0 Å². The molecule has 2 heterocycles. The smallest absolute Gasteiger partial charge is 0.164 e. The normalized spacial score (nSPS) is 17.4. The van der Waals surface area contributed by atoms with E-state index in [4.69, 9.17) is 19.4 Å². The van der Waals surface area contributed by atoms with Crippen molar-refractivity contribution in [3.63, 3.8) is 0 Å². The fraction of sp³-hybridized carbons (Fsp3) is 0.140. The van der Waals surface area contributed by atoms with E-state index in [-0.39, 0.29) is 5.92 Å². The van der Waals surface area contributed by atoms with E-state index < -0.39 is 0 Å². The Morgan fingerprint density at radius 1 is 0.638 bits per heavy atom. The van der Waals surface area contributed by atoms with E-state index in [0.717, 1.165) is 82.1 Å². The lowest BCUT2D eigenvalue weighted by Gasteiger charge is -2.23. The molecule has 6 aromatic rings. The van der Waals surface area contributed by atoms with Crippen LogP contribution in [0.25, 0.3) is 61.4 Å². The molecule has 0 radical (unpaired) electrons. The van der Waals surface area contributed by atoms with Crippen LogP contribution in [-0.4, -0.2) is 15.0 Å². The molecule has 1 atom stereocenters. The van der Waals surface area contributed by atoms with Crippen LogP contribution >= 0.6 is 0 Å². The summed E-state index contributed by atoms with van der Waals surface area (Å²) in [5.41, 5.74) is 11.5. The van der Waals surface area contributed by atoms with Crippen LogP contribution in [0.3, 0.4) is 0 Å². The van der Waals surface area contributed by atoms with E-state index in [1.807, 2.05) is 18.2 Å². The third-order valence-electron chi connectivity index (χ3n) is 9.62. The molecular weight excluding hydrogens is 574 g/mol. The topological polar surface area (TPSA) is 51.8 Å². The minimum atomic E-state index is 0.0851. The van der Waals surface area contributed by atoms with Gasteiger partial charge in [0.1, 0.15) is 17.0 Å². The molecule has 0 saturated heterocycles. The average Bonchev–Trinajstić information content (AvgIpc) is 3.54. The molecule has 0 bridgehead atoms. The zero-order valence-electron chi connectivity index (χ0n) is 26.1. The van der Waals surface area contributed by atoms with Crippen molar-refractivity contribution < 1.29 is 4.42 Å². The number of hydrogen-bond donors (Lipinski definition) is 0. The molecule has 226 valence electrons. The number of fused-ring (bicyclic) bond motifs is 3. The summed E-state index contributed by atoms with van der Waals surface area (Å²) >= 11 is 0. The number of hydrogen-bond acceptors (Lipinski definition) is 4. The van der Waals surface area contributed by atoms with Gasteiger partial charge in [-0.05, 0) is 66.0 Å². The van der Waals surface area contributed by atoms with E-state index in [1.165, 1.54) is 22.3 Å². The van der Waals surface area contributed by atoms with Gasteiger partial charge in [-0.2, -0.15) is 0 Å². The van der Waals surface area contributed by atoms with Crippen LogP contribution in [0.4, 0.5) is 0 Å². The summed E-state index contributed by atoms with van der Waals surface area (Å²) in [6, 6.07) is 31.7. The predicted molar refractivity (Wildman–Crippen MR) is 192 cm³/mol. The highest BCUT2D eigenvalue weighted by Crippen LogP contribution is 2.41. The molecule has 3 aliphatic rings. The van der Waals surface area contributed by atoms with Crippen molar-refractivity contribution in [2.75, 3.05) is 0 Å². The molecule has 9 rings (SSSR count). The van der Waals surface area contributed by atoms with Gasteiger partial charge in [-0.3, -0.25) is 0 Å². The molecule has 47 heavy (non-hydrogen) atoms. The highest BCUT2D eigenvalue weighted by atomic mass is 16.3. The first-order chi connectivity index (χ1) is 23.3. The second-order valence-electron chi connectivity index (χ2n) is 12.5. The van der Waals surface area contributed by atoms with Crippen molar-refractivity contribution in [1.29, 1.82) is 0 Å². The maximum atomic E-state index is 6.57. The van der Waals surface area contributed by atoms with Gasteiger partial charge in [-0.1, -0.05) is 127 Å². The van der Waals surface area contributed by atoms with Gasteiger partial charge in [0, 0.05) is 33.4 Å². The van der Waals surface area contributed by atoms with Gasteiger partial charge in [0.15, 0.2) is 11.6 Å². The Morgan fingerprint density at radius 3 is 2.34 bits per heavy atom. The number of rotatable bonds is 5. The fourth-order valence-electron chi connectivity index (χ4n) is 7.30. The predicted octanol–water partition coefficient (Wildman–Crippen LogP) is 11.2. The Hall–Kier alpha value is -5.61. The first-order valence-corrected chi connectivity index (χ1v) is 16.6. The highest BCUT2D eigenvalue weighted by Gasteiger charge is 2.22. The van der Waals surface area contributed by atoms with E-state index in [9.17, 15) is 0 Å². The lowest BCUT2D eigenvalue weighted by molar-refractivity contribution is 0.670. The van der Waals surface area contributed by atoms with Crippen molar-refractivity contribution in [3.05, 3.63) is 156 Å². The monoisotopic (exact) mass is 607 g/mol.